The van der Waals surface area contributed by atoms with Crippen LogP contribution in [0.4, 0.5) is 0 Å². The molecule has 1 fully saturated rings. The zero-order chi connectivity index (χ0) is 8.65. The fourth-order valence-electron chi connectivity index (χ4n) is 0.678. The smallest absolute Gasteiger partial charge is 0.444 e. The third kappa shape index (κ3) is 1.30. The quantitative estimate of drug-likeness (QED) is 0.470. The molecule has 0 aromatic carbocycles. The van der Waals surface area contributed by atoms with Crippen molar-refractivity contribution in [2.24, 2.45) is 11.5 Å². The number of ketones is 1. The molecule has 1 rings (SSSR count). The highest BCUT2D eigenvalue weighted by atomic mass is 28.3. The van der Waals surface area contributed by atoms with Crippen molar-refractivity contribution in [1.29, 1.82) is 0 Å². The third-order valence-electron chi connectivity index (χ3n) is 1.36. The molecule has 11 heavy (non-hydrogen) atoms. The molecule has 62 valence electrons. The molecule has 7 heteroatoms. The lowest BCUT2D eigenvalue weighted by Gasteiger charge is -2.39. The van der Waals surface area contributed by atoms with E-state index in [9.17, 15) is 9.26 Å². The van der Waals surface area contributed by atoms with Gasteiger partial charge < -0.3 is 14.6 Å². The minimum absolute atomic E-state index is 0.373. The summed E-state index contributed by atoms with van der Waals surface area (Å²) in [6.07, 6.45) is 0. The molecule has 1 aliphatic rings. The van der Waals surface area contributed by atoms with E-state index in [0.717, 1.165) is 0 Å². The fourth-order valence-corrected chi connectivity index (χ4v) is 1.47. The second kappa shape index (κ2) is 2.36. The molecule has 1 heterocycles. The number of nitrogens with two attached hydrogens (primary N) is 2. The molecule has 0 radical (unpaired) electrons. The van der Waals surface area contributed by atoms with E-state index < -0.39 is 21.1 Å². The third-order valence-corrected chi connectivity index (χ3v) is 2.33. The van der Waals surface area contributed by atoms with Crippen LogP contribution in [0.15, 0.2) is 0 Å². The van der Waals surface area contributed by atoms with E-state index in [-0.39, 0.29) is 5.78 Å². The zero-order valence-electron chi connectivity index (χ0n) is 5.87. The number of rotatable bonds is 2. The molecule has 0 saturated carbocycles. The first kappa shape index (κ1) is 8.30. The molecule has 0 spiro atoms. The fraction of sp³-hybridized carbons (Fsp3) is 0.750. The van der Waals surface area contributed by atoms with Crippen LogP contribution >= 0.6 is 0 Å². The molecule has 0 aromatic heterocycles. The van der Waals surface area contributed by atoms with Crippen LogP contribution in [0, 0.1) is 0 Å². The molecular formula is C4H8N2O4Si. The molecule has 0 aromatic rings. The average molecular weight is 176 g/mol. The highest BCUT2D eigenvalue weighted by Crippen LogP contribution is 2.19. The summed E-state index contributed by atoms with van der Waals surface area (Å²) in [6, 6.07) is -1.08. The Labute approximate surface area is 64.3 Å². The monoisotopic (exact) mass is 176 g/mol. The van der Waals surface area contributed by atoms with Gasteiger partial charge in [-0.2, -0.15) is 0 Å². The van der Waals surface area contributed by atoms with Crippen LogP contribution in [0.3, 0.4) is 0 Å². The number of hydrogen-bond donors (Lipinski definition) is 2. The minimum atomic E-state index is -2.48. The number of carbonyl (C=O) groups excluding carboxylic acids is 1. The topological polar surface area (TPSA) is 105 Å². The molecule has 0 amide bonds. The van der Waals surface area contributed by atoms with E-state index in [2.05, 4.69) is 8.85 Å². The summed E-state index contributed by atoms with van der Waals surface area (Å²) in [7, 11) is -2.48. The van der Waals surface area contributed by atoms with Crippen LogP contribution in [0.5, 0.6) is 0 Å². The minimum Gasteiger partial charge on any atom is -0.444 e. The lowest BCUT2D eigenvalue weighted by molar-refractivity contribution is -0.230. The zero-order valence-corrected chi connectivity index (χ0v) is 6.87. The predicted octanol–water partition coefficient (Wildman–Crippen LogP) is -2.02. The maximum Gasteiger partial charge on any atom is 0.775 e. The first-order valence-electron chi connectivity index (χ1n) is 2.92. The van der Waals surface area contributed by atoms with Crippen molar-refractivity contribution >= 4 is 15.0 Å². The second-order valence-electron chi connectivity index (χ2n) is 2.26. The maximum absolute atomic E-state index is 10.6. The van der Waals surface area contributed by atoms with Gasteiger partial charge in [-0.1, -0.05) is 0 Å². The summed E-state index contributed by atoms with van der Waals surface area (Å²) in [5.41, 5.74) is 10.5. The molecular weight excluding hydrogens is 168 g/mol. The van der Waals surface area contributed by atoms with E-state index in [1.165, 1.54) is 6.92 Å². The van der Waals surface area contributed by atoms with Crippen molar-refractivity contribution in [2.45, 2.75) is 18.9 Å². The van der Waals surface area contributed by atoms with Crippen molar-refractivity contribution in [1.82, 2.24) is 0 Å². The molecule has 6 nitrogen and oxygen atoms in total. The van der Waals surface area contributed by atoms with Crippen molar-refractivity contribution < 1.29 is 18.1 Å². The van der Waals surface area contributed by atoms with E-state index in [1.807, 2.05) is 0 Å². The Morgan fingerprint density at radius 3 is 2.36 bits per heavy atom. The van der Waals surface area contributed by atoms with Gasteiger partial charge in [-0.3, -0.25) is 15.0 Å². The molecule has 1 saturated heterocycles. The average Bonchev–Trinajstić information content (AvgIpc) is 1.83. The number of carbonyl (C=O) groups is 1. The van der Waals surface area contributed by atoms with Crippen LogP contribution in [0.2, 0.25) is 0 Å². The van der Waals surface area contributed by atoms with Gasteiger partial charge in [0, 0.05) is 0 Å². The summed E-state index contributed by atoms with van der Waals surface area (Å²) in [5.74, 6) is -2.04. The van der Waals surface area contributed by atoms with E-state index in [1.54, 1.807) is 0 Å². The summed E-state index contributed by atoms with van der Waals surface area (Å²) < 4.78 is 19.3. The lowest BCUT2D eigenvalue weighted by atomic mass is 10.1. The lowest BCUT2D eigenvalue weighted by Crippen LogP contribution is -2.70. The largest absolute Gasteiger partial charge is 0.775 e. The van der Waals surface area contributed by atoms with Crippen molar-refractivity contribution in [3.8, 4) is 0 Å². The predicted molar refractivity (Wildman–Crippen MR) is 34.2 cm³/mol. The van der Waals surface area contributed by atoms with Crippen LogP contribution in [0.1, 0.15) is 6.92 Å². The molecule has 1 unspecified atom stereocenters. The highest BCUT2D eigenvalue weighted by molar-refractivity contribution is 6.29. The summed E-state index contributed by atoms with van der Waals surface area (Å²) in [5, 5.41) is 0. The Hall–Kier alpha value is -0.793. The standard InChI is InChI=1S/C4H8N2O4Si/c1-2(7)3(5)4(6)9-11(8)10-4/h3H,5-6H2,1H3. The Kier molecular flexibility index (Phi) is 1.78. The van der Waals surface area contributed by atoms with E-state index in [0.29, 0.717) is 0 Å². The molecule has 1 aliphatic heterocycles. The number of Topliss-reactive ketones (excluding diaryl/α,β-unsaturated/α-hetero) is 1. The summed E-state index contributed by atoms with van der Waals surface area (Å²) in [4.78, 5) is 10.6. The highest BCUT2D eigenvalue weighted by Gasteiger charge is 2.53. The summed E-state index contributed by atoms with van der Waals surface area (Å²) in [6.45, 7) is 1.25. The van der Waals surface area contributed by atoms with Crippen molar-refractivity contribution in [3.63, 3.8) is 0 Å². The van der Waals surface area contributed by atoms with Crippen molar-refractivity contribution in [2.75, 3.05) is 0 Å². The normalized spacial score (nSPS) is 22.6. The van der Waals surface area contributed by atoms with E-state index >= 15 is 0 Å². The first-order valence-corrected chi connectivity index (χ1v) is 4.15. The van der Waals surface area contributed by atoms with Gasteiger partial charge in [0.25, 0.3) is 0 Å². The van der Waals surface area contributed by atoms with Gasteiger partial charge in [0.05, 0.1) is 0 Å². The Morgan fingerprint density at radius 2 is 2.09 bits per heavy atom. The number of hydrogen-bond acceptors (Lipinski definition) is 6. The van der Waals surface area contributed by atoms with Gasteiger partial charge in [0.15, 0.2) is 11.8 Å². The first-order chi connectivity index (χ1) is 4.96. The van der Waals surface area contributed by atoms with Crippen LogP contribution < -0.4 is 11.5 Å². The Balaban J connectivity index is 2.61. The second-order valence-corrected chi connectivity index (χ2v) is 3.17. The summed E-state index contributed by atoms with van der Waals surface area (Å²) >= 11 is 0. The van der Waals surface area contributed by atoms with Crippen LogP contribution in [-0.4, -0.2) is 26.9 Å². The van der Waals surface area contributed by atoms with Crippen LogP contribution in [-0.2, 0) is 18.1 Å². The van der Waals surface area contributed by atoms with Gasteiger partial charge in [0.1, 0.15) is 0 Å². The molecule has 0 bridgehead atoms. The van der Waals surface area contributed by atoms with Gasteiger partial charge in [-0.15, -0.1) is 0 Å². The molecule has 0 aliphatic carbocycles. The maximum atomic E-state index is 10.6. The molecule has 1 atom stereocenters. The van der Waals surface area contributed by atoms with Crippen LogP contribution in [0.25, 0.3) is 0 Å². The Bertz CT molecular complexity index is 210. The van der Waals surface area contributed by atoms with E-state index in [4.69, 9.17) is 11.5 Å². The van der Waals surface area contributed by atoms with Gasteiger partial charge in [-0.05, 0) is 6.92 Å². The van der Waals surface area contributed by atoms with Gasteiger partial charge >= 0.3 is 15.1 Å². The van der Waals surface area contributed by atoms with Crippen molar-refractivity contribution in [3.05, 3.63) is 0 Å². The van der Waals surface area contributed by atoms with Gasteiger partial charge in [0.2, 0.25) is 0 Å². The SMILES string of the molecule is CC(=O)C(N)C1(N)O[Si](=O)O1. The Morgan fingerprint density at radius 1 is 1.64 bits per heavy atom. The van der Waals surface area contributed by atoms with Gasteiger partial charge in [-0.25, -0.2) is 0 Å². The molecule has 4 N–H and O–H groups in total.